The standard InChI is InChI=1S/C19H16Cl3NO/c1-24-16-8-7-14(21)17-11-3-2-4-12(11)18(23-19(16)17)10-5-6-13(20)15(22)9-10/h2-3,5-9,11-12,18,23H,4H2,1H3/t11-,12+,18+/m0/s1. The van der Waals surface area contributed by atoms with Gasteiger partial charge in [-0.05, 0) is 42.2 Å². The number of allylic oxidation sites excluding steroid dienone is 2. The van der Waals surface area contributed by atoms with E-state index >= 15 is 0 Å². The Morgan fingerprint density at radius 2 is 1.83 bits per heavy atom. The zero-order chi connectivity index (χ0) is 16.8. The molecule has 2 aliphatic rings. The van der Waals surface area contributed by atoms with Crippen LogP contribution in [0.1, 0.15) is 29.5 Å². The molecule has 0 unspecified atom stereocenters. The van der Waals surface area contributed by atoms with Crippen molar-refractivity contribution in [1.29, 1.82) is 0 Å². The van der Waals surface area contributed by atoms with E-state index in [4.69, 9.17) is 39.5 Å². The first-order chi connectivity index (χ1) is 11.6. The number of hydrogen-bond acceptors (Lipinski definition) is 2. The summed E-state index contributed by atoms with van der Waals surface area (Å²) in [6.45, 7) is 0. The van der Waals surface area contributed by atoms with Crippen molar-refractivity contribution in [3.8, 4) is 5.75 Å². The van der Waals surface area contributed by atoms with Crippen molar-refractivity contribution in [2.45, 2.75) is 18.4 Å². The van der Waals surface area contributed by atoms with Gasteiger partial charge in [-0.25, -0.2) is 0 Å². The Balaban J connectivity index is 1.85. The smallest absolute Gasteiger partial charge is 0.142 e. The lowest BCUT2D eigenvalue weighted by atomic mass is 9.77. The lowest BCUT2D eigenvalue weighted by Crippen LogP contribution is -2.29. The highest BCUT2D eigenvalue weighted by Gasteiger charge is 2.40. The molecule has 1 aliphatic carbocycles. The van der Waals surface area contributed by atoms with Gasteiger partial charge in [0, 0.05) is 16.5 Å². The monoisotopic (exact) mass is 379 g/mol. The third kappa shape index (κ3) is 2.48. The number of methoxy groups -OCH3 is 1. The first kappa shape index (κ1) is 16.1. The fraction of sp³-hybridized carbons (Fsp3) is 0.263. The van der Waals surface area contributed by atoms with Crippen molar-refractivity contribution in [1.82, 2.24) is 0 Å². The molecule has 0 spiro atoms. The van der Waals surface area contributed by atoms with E-state index < -0.39 is 0 Å². The van der Waals surface area contributed by atoms with Crippen molar-refractivity contribution < 1.29 is 4.74 Å². The Hall–Kier alpha value is -1.35. The van der Waals surface area contributed by atoms with Crippen molar-refractivity contribution in [2.75, 3.05) is 12.4 Å². The zero-order valence-electron chi connectivity index (χ0n) is 13.0. The molecule has 0 bridgehead atoms. The molecule has 0 saturated heterocycles. The van der Waals surface area contributed by atoms with Gasteiger partial charge in [0.15, 0.2) is 0 Å². The molecule has 1 N–H and O–H groups in total. The van der Waals surface area contributed by atoms with Gasteiger partial charge in [-0.15, -0.1) is 0 Å². The van der Waals surface area contributed by atoms with E-state index in [2.05, 4.69) is 17.5 Å². The predicted octanol–water partition coefficient (Wildman–Crippen LogP) is 6.48. The average Bonchev–Trinajstić information content (AvgIpc) is 3.06. The summed E-state index contributed by atoms with van der Waals surface area (Å²) < 4.78 is 5.55. The lowest BCUT2D eigenvalue weighted by Gasteiger charge is -2.38. The molecule has 0 aromatic heterocycles. The van der Waals surface area contributed by atoms with Gasteiger partial charge >= 0.3 is 0 Å². The van der Waals surface area contributed by atoms with Gasteiger partial charge in [-0.1, -0.05) is 53.0 Å². The molecule has 0 fully saturated rings. The number of ether oxygens (including phenoxy) is 1. The van der Waals surface area contributed by atoms with E-state index in [9.17, 15) is 0 Å². The minimum absolute atomic E-state index is 0.125. The van der Waals surface area contributed by atoms with E-state index in [1.165, 1.54) is 0 Å². The number of hydrogen-bond donors (Lipinski definition) is 1. The third-order valence-corrected chi connectivity index (χ3v) is 6.02. The Bertz CT molecular complexity index is 834. The van der Waals surface area contributed by atoms with Crippen LogP contribution in [0.15, 0.2) is 42.5 Å². The molecule has 0 amide bonds. The summed E-state index contributed by atoms with van der Waals surface area (Å²) in [6, 6.07) is 9.76. The average molecular weight is 381 g/mol. The van der Waals surface area contributed by atoms with Crippen LogP contribution in [0.25, 0.3) is 0 Å². The molecule has 24 heavy (non-hydrogen) atoms. The summed E-state index contributed by atoms with van der Waals surface area (Å²) in [5.74, 6) is 1.46. The molecule has 2 aromatic carbocycles. The highest BCUT2D eigenvalue weighted by molar-refractivity contribution is 6.42. The van der Waals surface area contributed by atoms with Gasteiger partial charge in [-0.3, -0.25) is 0 Å². The van der Waals surface area contributed by atoms with Crippen molar-refractivity contribution in [2.24, 2.45) is 5.92 Å². The third-order valence-electron chi connectivity index (χ3n) is 4.95. The summed E-state index contributed by atoms with van der Waals surface area (Å²) in [4.78, 5) is 0. The van der Waals surface area contributed by atoms with Gasteiger partial charge in [0.1, 0.15) is 5.75 Å². The van der Waals surface area contributed by atoms with E-state index in [0.29, 0.717) is 16.0 Å². The van der Waals surface area contributed by atoms with Crippen LogP contribution in [0.3, 0.4) is 0 Å². The number of halogens is 3. The fourth-order valence-corrected chi connectivity index (χ4v) is 4.43. The van der Waals surface area contributed by atoms with Crippen LogP contribution < -0.4 is 10.1 Å². The van der Waals surface area contributed by atoms with Gasteiger partial charge in [0.25, 0.3) is 0 Å². The Morgan fingerprint density at radius 3 is 2.58 bits per heavy atom. The van der Waals surface area contributed by atoms with Crippen molar-refractivity contribution in [3.05, 3.63) is 68.7 Å². The number of anilines is 1. The van der Waals surface area contributed by atoms with Crippen LogP contribution in [0, 0.1) is 5.92 Å². The summed E-state index contributed by atoms with van der Waals surface area (Å²) in [5, 5.41) is 5.55. The SMILES string of the molecule is COc1ccc(Cl)c2c1N[C@H](c1ccc(Cl)c(Cl)c1)[C@@H]1CC=C[C@H]21. The molecule has 2 aromatic rings. The quantitative estimate of drug-likeness (QED) is 0.602. The molecule has 3 atom stereocenters. The Morgan fingerprint density at radius 1 is 1.04 bits per heavy atom. The van der Waals surface area contributed by atoms with Crippen LogP contribution in [0.5, 0.6) is 5.75 Å². The normalized spacial score (nSPS) is 24.2. The summed E-state index contributed by atoms with van der Waals surface area (Å²) >= 11 is 18.8. The summed E-state index contributed by atoms with van der Waals surface area (Å²) in [5.41, 5.74) is 3.20. The van der Waals surface area contributed by atoms with Gasteiger partial charge in [0.05, 0.1) is 28.9 Å². The topological polar surface area (TPSA) is 21.3 Å². The van der Waals surface area contributed by atoms with Gasteiger partial charge in [-0.2, -0.15) is 0 Å². The fourth-order valence-electron chi connectivity index (χ4n) is 3.84. The molecule has 0 saturated carbocycles. The van der Waals surface area contributed by atoms with Gasteiger partial charge < -0.3 is 10.1 Å². The molecule has 2 nitrogen and oxygen atoms in total. The van der Waals surface area contributed by atoms with Gasteiger partial charge in [0.2, 0.25) is 0 Å². The van der Waals surface area contributed by atoms with Crippen LogP contribution in [0.4, 0.5) is 5.69 Å². The number of rotatable bonds is 2. The maximum absolute atomic E-state index is 6.51. The highest BCUT2D eigenvalue weighted by Crippen LogP contribution is 2.54. The maximum atomic E-state index is 6.51. The van der Waals surface area contributed by atoms with E-state index in [-0.39, 0.29) is 12.0 Å². The zero-order valence-corrected chi connectivity index (χ0v) is 15.3. The molecule has 5 heteroatoms. The summed E-state index contributed by atoms with van der Waals surface area (Å²) in [7, 11) is 1.68. The first-order valence-corrected chi connectivity index (χ1v) is 8.98. The minimum atomic E-state index is 0.125. The highest BCUT2D eigenvalue weighted by atomic mass is 35.5. The first-order valence-electron chi connectivity index (χ1n) is 7.84. The number of nitrogens with one attached hydrogen (secondary N) is 1. The van der Waals surface area contributed by atoms with Crippen LogP contribution in [-0.4, -0.2) is 7.11 Å². The molecule has 0 radical (unpaired) electrons. The predicted molar refractivity (Wildman–Crippen MR) is 101 cm³/mol. The Kier molecular flexibility index (Phi) is 4.16. The minimum Gasteiger partial charge on any atom is -0.495 e. The molecule has 1 aliphatic heterocycles. The lowest BCUT2D eigenvalue weighted by molar-refractivity contribution is 0.397. The maximum Gasteiger partial charge on any atom is 0.142 e. The van der Waals surface area contributed by atoms with Crippen molar-refractivity contribution in [3.63, 3.8) is 0 Å². The van der Waals surface area contributed by atoms with E-state index in [1.807, 2.05) is 30.3 Å². The van der Waals surface area contributed by atoms with Crippen LogP contribution >= 0.6 is 34.8 Å². The largest absolute Gasteiger partial charge is 0.495 e. The number of benzene rings is 2. The molecular formula is C19H16Cl3NO. The molecular weight excluding hydrogens is 365 g/mol. The second-order valence-electron chi connectivity index (χ2n) is 6.19. The number of fused-ring (bicyclic) bond motifs is 3. The Labute approximate surface area is 156 Å². The van der Waals surface area contributed by atoms with E-state index in [0.717, 1.165) is 34.0 Å². The summed E-state index contributed by atoms with van der Waals surface area (Å²) in [6.07, 6.45) is 5.47. The van der Waals surface area contributed by atoms with Crippen LogP contribution in [0.2, 0.25) is 15.1 Å². The molecule has 124 valence electrons. The van der Waals surface area contributed by atoms with Crippen LogP contribution in [-0.2, 0) is 0 Å². The molecule has 1 heterocycles. The molecule has 4 rings (SSSR count). The second-order valence-corrected chi connectivity index (χ2v) is 7.41. The van der Waals surface area contributed by atoms with Crippen molar-refractivity contribution >= 4 is 40.5 Å². The second kappa shape index (κ2) is 6.18. The van der Waals surface area contributed by atoms with E-state index in [1.54, 1.807) is 7.11 Å².